The number of anilines is 3. The number of ether oxygens (including phenoxy) is 2. The Hall–Kier alpha value is -5.15. The zero-order valence-electron chi connectivity index (χ0n) is 34.5. The monoisotopic (exact) mass is 899 g/mol. The van der Waals surface area contributed by atoms with Crippen LogP contribution in [-0.4, -0.2) is 43.4 Å². The number of halogens is 3. The van der Waals surface area contributed by atoms with Crippen molar-refractivity contribution >= 4 is 74.1 Å². The number of rotatable bonds is 16. The van der Waals surface area contributed by atoms with Gasteiger partial charge in [-0.05, 0) is 84.2 Å². The van der Waals surface area contributed by atoms with Crippen LogP contribution in [0.2, 0.25) is 15.1 Å². The van der Waals surface area contributed by atoms with Crippen LogP contribution in [0.3, 0.4) is 0 Å². The minimum Gasteiger partial charge on any atom is -0.497 e. The molecule has 0 radical (unpaired) electrons. The maximum absolute atomic E-state index is 14.2. The van der Waals surface area contributed by atoms with E-state index in [1.54, 1.807) is 6.07 Å². The highest BCUT2D eigenvalue weighted by Crippen LogP contribution is 2.40. The van der Waals surface area contributed by atoms with Gasteiger partial charge < -0.3 is 24.7 Å². The van der Waals surface area contributed by atoms with Crippen LogP contribution in [0.15, 0.2) is 88.6 Å². The van der Waals surface area contributed by atoms with E-state index < -0.39 is 45.3 Å². The molecule has 320 valence electrons. The normalized spacial score (nSPS) is 12.4. The Morgan fingerprint density at radius 1 is 0.900 bits per heavy atom. The van der Waals surface area contributed by atoms with Gasteiger partial charge in [0.15, 0.2) is 11.9 Å². The number of aromatic nitrogens is 2. The molecular weight excluding hydrogens is 853 g/mol. The summed E-state index contributed by atoms with van der Waals surface area (Å²) in [6.45, 7) is 14.7. The molecule has 1 unspecified atom stereocenters. The first-order valence-electron chi connectivity index (χ1n) is 19.1. The molecule has 3 amide bonds. The van der Waals surface area contributed by atoms with Crippen LogP contribution in [0.5, 0.6) is 17.2 Å². The Morgan fingerprint density at radius 2 is 1.53 bits per heavy atom. The number of nitrogens with one attached hydrogen (secondary N) is 2. The quantitative estimate of drug-likeness (QED) is 0.0820. The fourth-order valence-electron chi connectivity index (χ4n) is 6.19. The number of carbonyl (C=O) groups is 2. The molecule has 4 N–H and O–H groups in total. The van der Waals surface area contributed by atoms with Gasteiger partial charge in [-0.2, -0.15) is 8.42 Å². The summed E-state index contributed by atoms with van der Waals surface area (Å²) in [7, 11) is -3.34. The number of urea groups is 1. The van der Waals surface area contributed by atoms with Crippen LogP contribution in [0.1, 0.15) is 78.9 Å². The van der Waals surface area contributed by atoms with Crippen molar-refractivity contribution in [2.45, 2.75) is 89.6 Å². The molecule has 0 aliphatic rings. The van der Waals surface area contributed by atoms with Gasteiger partial charge in [-0.15, -0.1) is 0 Å². The van der Waals surface area contributed by atoms with Crippen molar-refractivity contribution in [1.29, 1.82) is 0 Å². The molecule has 0 spiro atoms. The number of nitrogens with zero attached hydrogens (tertiary/aromatic N) is 2. The molecule has 0 bridgehead atoms. The Morgan fingerprint density at radius 3 is 2.10 bits per heavy atom. The number of aromatic amines is 1. The Kier molecular flexibility index (Phi) is 13.9. The van der Waals surface area contributed by atoms with Gasteiger partial charge in [-0.1, -0.05) is 101 Å². The Balaban J connectivity index is 1.56. The second-order valence-electron chi connectivity index (χ2n) is 15.3. The molecule has 0 fully saturated rings. The number of methoxy groups -OCH3 is 1. The van der Waals surface area contributed by atoms with Crippen molar-refractivity contribution < 1.29 is 31.7 Å². The van der Waals surface area contributed by atoms with E-state index in [0.29, 0.717) is 12.2 Å². The lowest BCUT2D eigenvalue weighted by atomic mass is 9.76. The van der Waals surface area contributed by atoms with Gasteiger partial charge in [0.25, 0.3) is 11.7 Å². The fourth-order valence-corrected chi connectivity index (χ4v) is 7.89. The molecule has 1 heterocycles. The molecular formula is C43H48Cl3N5O8S. The van der Waals surface area contributed by atoms with Crippen molar-refractivity contribution in [3.63, 3.8) is 0 Å². The summed E-state index contributed by atoms with van der Waals surface area (Å²) in [6.07, 6.45) is 1.18. The topological polar surface area (TPSA) is 175 Å². The van der Waals surface area contributed by atoms with Crippen molar-refractivity contribution in [1.82, 2.24) is 9.78 Å². The molecule has 5 rings (SSSR count). The summed E-state index contributed by atoms with van der Waals surface area (Å²) in [5, 5.41) is 5.67. The average Bonchev–Trinajstić information content (AvgIpc) is 3.49. The van der Waals surface area contributed by atoms with Crippen LogP contribution < -0.4 is 35.2 Å². The van der Waals surface area contributed by atoms with Gasteiger partial charge in [0, 0.05) is 28.4 Å². The van der Waals surface area contributed by atoms with Crippen molar-refractivity contribution in [2.24, 2.45) is 5.73 Å². The third kappa shape index (κ3) is 9.73. The third-order valence-corrected chi connectivity index (χ3v) is 12.6. The first kappa shape index (κ1) is 45.9. The Labute approximate surface area is 364 Å². The summed E-state index contributed by atoms with van der Waals surface area (Å²) in [5.74, 6) is -0.978. The van der Waals surface area contributed by atoms with Gasteiger partial charge in [-0.25, -0.2) is 14.4 Å². The summed E-state index contributed by atoms with van der Waals surface area (Å²) in [6, 6.07) is 18.7. The van der Waals surface area contributed by atoms with Crippen molar-refractivity contribution in [3.05, 3.63) is 115 Å². The summed E-state index contributed by atoms with van der Waals surface area (Å²) >= 11 is 19.1. The molecule has 0 saturated heterocycles. The minimum absolute atomic E-state index is 0.00411. The fraction of sp³-hybridized carbons (Fsp3) is 0.326. The van der Waals surface area contributed by atoms with Gasteiger partial charge in [0.1, 0.15) is 22.1 Å². The average molecular weight is 901 g/mol. The molecule has 1 aromatic heterocycles. The third-order valence-electron chi connectivity index (χ3n) is 10.6. The van der Waals surface area contributed by atoms with Crippen LogP contribution in [0, 0.1) is 0 Å². The highest BCUT2D eigenvalue weighted by Gasteiger charge is 2.33. The van der Waals surface area contributed by atoms with E-state index in [0.717, 1.165) is 28.0 Å². The second-order valence-corrected chi connectivity index (χ2v) is 18.1. The summed E-state index contributed by atoms with van der Waals surface area (Å²) in [4.78, 5) is 41.9. The van der Waals surface area contributed by atoms with Crippen LogP contribution >= 0.6 is 34.8 Å². The van der Waals surface area contributed by atoms with Crippen molar-refractivity contribution in [2.75, 3.05) is 17.3 Å². The van der Waals surface area contributed by atoms with Gasteiger partial charge in [0.05, 0.1) is 22.8 Å². The van der Waals surface area contributed by atoms with Gasteiger partial charge in [0.2, 0.25) is 0 Å². The highest BCUT2D eigenvalue weighted by atomic mass is 35.5. The number of hydrogen-bond donors (Lipinski definition) is 3. The first-order valence-corrected chi connectivity index (χ1v) is 21.6. The maximum atomic E-state index is 14.2. The number of nitrogens with two attached hydrogens (primary N) is 1. The van der Waals surface area contributed by atoms with E-state index in [1.807, 2.05) is 19.1 Å². The standard InChI is InChI=1S/C43H48Cl3N5O8S/c1-9-34(58-35-20-15-25(42(4,5)10-2)21-31(35)43(6,7)11-3)39(52)48-27-13-12-14-28(22-27)50(41(47)54)38-37(59-60(55,56)30-18-16-26(44)17-19-30)40(53)51(49-38)36-32(45)23-29(57-8)24-33(36)46/h12-24,34,49H,9-11H2,1-8H3,(H2,47,54)(H,48,52). The predicted octanol–water partition coefficient (Wildman–Crippen LogP) is 10.3. The molecule has 17 heteroatoms. The number of benzene rings is 4. The molecule has 13 nitrogen and oxygen atoms in total. The lowest BCUT2D eigenvalue weighted by molar-refractivity contribution is -0.122. The van der Waals surface area contributed by atoms with E-state index in [1.165, 1.54) is 67.3 Å². The first-order chi connectivity index (χ1) is 28.2. The van der Waals surface area contributed by atoms with Gasteiger partial charge in [-0.3, -0.25) is 14.7 Å². The van der Waals surface area contributed by atoms with Crippen LogP contribution in [-0.2, 0) is 25.7 Å². The van der Waals surface area contributed by atoms with Crippen LogP contribution in [0.4, 0.5) is 22.0 Å². The summed E-state index contributed by atoms with van der Waals surface area (Å²) in [5.41, 5.74) is 6.78. The Bertz CT molecular complexity index is 2550. The lowest BCUT2D eigenvalue weighted by Gasteiger charge is -2.31. The molecule has 60 heavy (non-hydrogen) atoms. The number of H-pyrrole nitrogens is 1. The summed E-state index contributed by atoms with van der Waals surface area (Å²) < 4.78 is 45.1. The van der Waals surface area contributed by atoms with E-state index in [2.05, 4.69) is 58.0 Å². The van der Waals surface area contributed by atoms with Gasteiger partial charge >= 0.3 is 21.7 Å². The number of carbonyl (C=O) groups excluding carboxylic acids is 2. The molecule has 5 aromatic rings. The van der Waals surface area contributed by atoms with E-state index in [4.69, 9.17) is 54.2 Å². The molecule has 1 atom stereocenters. The zero-order chi connectivity index (χ0) is 44.3. The second kappa shape index (κ2) is 18.2. The SMILES string of the molecule is CCC(Oc1ccc(C(C)(C)CC)cc1C(C)(C)CC)C(=O)Nc1cccc(N(C(N)=O)c2[nH]n(-c3c(Cl)cc(OC)cc3Cl)c(=O)c2OS(=O)(=O)c2ccc(Cl)cc2)c1. The molecule has 4 aromatic carbocycles. The molecule has 0 aliphatic carbocycles. The van der Waals surface area contributed by atoms with E-state index in [9.17, 15) is 22.8 Å². The number of primary amides is 1. The molecule has 0 saturated carbocycles. The minimum atomic E-state index is -4.73. The zero-order valence-corrected chi connectivity index (χ0v) is 37.6. The van der Waals surface area contributed by atoms with E-state index in [-0.39, 0.29) is 53.6 Å². The maximum Gasteiger partial charge on any atom is 0.339 e. The van der Waals surface area contributed by atoms with Crippen molar-refractivity contribution in [3.8, 4) is 22.9 Å². The van der Waals surface area contributed by atoms with Crippen LogP contribution in [0.25, 0.3) is 5.69 Å². The lowest BCUT2D eigenvalue weighted by Crippen LogP contribution is -2.34. The number of hydrogen-bond acceptors (Lipinski definition) is 8. The highest BCUT2D eigenvalue weighted by molar-refractivity contribution is 7.87. The smallest absolute Gasteiger partial charge is 0.339 e. The largest absolute Gasteiger partial charge is 0.497 e. The van der Waals surface area contributed by atoms with E-state index >= 15 is 0 Å². The number of amides is 3. The molecule has 0 aliphatic heterocycles. The predicted molar refractivity (Wildman–Crippen MR) is 237 cm³/mol.